The molecule has 76 valence electrons. The Labute approximate surface area is 90.1 Å². The molecular formula is C10H10BrFO2. The normalized spacial score (nSPS) is 16.7. The summed E-state index contributed by atoms with van der Waals surface area (Å²) in [6.45, 7) is 1.83. The monoisotopic (exact) mass is 260 g/mol. The first kappa shape index (κ1) is 10.1. The Balaban J connectivity index is 1.94. The molecule has 1 saturated heterocycles. The van der Waals surface area contributed by atoms with Crippen LogP contribution in [0.2, 0.25) is 0 Å². The molecule has 4 heteroatoms. The van der Waals surface area contributed by atoms with Crippen molar-refractivity contribution in [1.29, 1.82) is 0 Å². The van der Waals surface area contributed by atoms with Crippen LogP contribution in [0.1, 0.15) is 5.56 Å². The lowest BCUT2D eigenvalue weighted by atomic mass is 10.2. The Morgan fingerprint density at radius 1 is 1.50 bits per heavy atom. The van der Waals surface area contributed by atoms with E-state index in [4.69, 9.17) is 9.47 Å². The molecule has 0 unspecified atom stereocenters. The highest BCUT2D eigenvalue weighted by Gasteiger charge is 2.18. The minimum atomic E-state index is -0.243. The molecule has 0 bridgehead atoms. The van der Waals surface area contributed by atoms with E-state index in [2.05, 4.69) is 15.9 Å². The van der Waals surface area contributed by atoms with Crippen LogP contribution >= 0.6 is 15.9 Å². The molecule has 0 amide bonds. The van der Waals surface area contributed by atoms with Crippen LogP contribution in [0.25, 0.3) is 0 Å². The Bertz CT molecular complexity index is 326. The fraction of sp³-hybridized carbons (Fsp3) is 0.400. The third-order valence-corrected chi connectivity index (χ3v) is 2.84. The summed E-state index contributed by atoms with van der Waals surface area (Å²) >= 11 is 3.29. The van der Waals surface area contributed by atoms with Crippen molar-refractivity contribution in [2.24, 2.45) is 0 Å². The van der Waals surface area contributed by atoms with Gasteiger partial charge in [-0.15, -0.1) is 0 Å². The molecule has 2 rings (SSSR count). The zero-order valence-corrected chi connectivity index (χ0v) is 9.09. The van der Waals surface area contributed by atoms with Gasteiger partial charge >= 0.3 is 0 Å². The predicted octanol–water partition coefficient (Wildman–Crippen LogP) is 2.50. The Morgan fingerprint density at radius 2 is 2.29 bits per heavy atom. The van der Waals surface area contributed by atoms with Crippen molar-refractivity contribution in [2.75, 3.05) is 13.2 Å². The highest BCUT2D eigenvalue weighted by molar-refractivity contribution is 9.10. The van der Waals surface area contributed by atoms with E-state index in [1.807, 2.05) is 0 Å². The molecule has 0 aromatic heterocycles. The lowest BCUT2D eigenvalue weighted by Crippen LogP contribution is -2.35. The summed E-state index contributed by atoms with van der Waals surface area (Å²) in [5, 5.41) is 0. The van der Waals surface area contributed by atoms with Crippen molar-refractivity contribution >= 4 is 15.9 Å². The summed E-state index contributed by atoms with van der Waals surface area (Å²) in [5.74, 6) is -0.243. The molecular weight excluding hydrogens is 251 g/mol. The van der Waals surface area contributed by atoms with E-state index >= 15 is 0 Å². The van der Waals surface area contributed by atoms with Gasteiger partial charge in [-0.1, -0.05) is 22.0 Å². The van der Waals surface area contributed by atoms with E-state index in [0.29, 0.717) is 19.8 Å². The smallest absolute Gasteiger partial charge is 0.124 e. The molecule has 1 aliphatic heterocycles. The van der Waals surface area contributed by atoms with Crippen LogP contribution in [-0.4, -0.2) is 19.3 Å². The first-order chi connectivity index (χ1) is 6.75. The van der Waals surface area contributed by atoms with Crippen LogP contribution in [0.4, 0.5) is 4.39 Å². The van der Waals surface area contributed by atoms with Crippen LogP contribution < -0.4 is 0 Å². The van der Waals surface area contributed by atoms with Gasteiger partial charge in [0.1, 0.15) is 11.9 Å². The molecule has 1 aliphatic rings. The Kier molecular flexibility index (Phi) is 3.15. The fourth-order valence-electron chi connectivity index (χ4n) is 1.16. The van der Waals surface area contributed by atoms with Crippen molar-refractivity contribution < 1.29 is 13.9 Å². The van der Waals surface area contributed by atoms with E-state index in [-0.39, 0.29) is 11.9 Å². The number of ether oxygens (including phenoxy) is 2. The van der Waals surface area contributed by atoms with Gasteiger partial charge in [0.25, 0.3) is 0 Å². The van der Waals surface area contributed by atoms with Gasteiger partial charge in [-0.05, 0) is 17.7 Å². The van der Waals surface area contributed by atoms with Crippen molar-refractivity contribution in [3.63, 3.8) is 0 Å². The number of halogens is 2. The van der Waals surface area contributed by atoms with Gasteiger partial charge in [-0.3, -0.25) is 0 Å². The molecule has 14 heavy (non-hydrogen) atoms. The minimum Gasteiger partial charge on any atom is -0.376 e. The molecule has 0 atom stereocenters. The quantitative estimate of drug-likeness (QED) is 0.832. The Hall–Kier alpha value is -0.450. The topological polar surface area (TPSA) is 18.5 Å². The highest BCUT2D eigenvalue weighted by Crippen LogP contribution is 2.20. The maximum absolute atomic E-state index is 12.7. The van der Waals surface area contributed by atoms with Crippen molar-refractivity contribution in [1.82, 2.24) is 0 Å². The van der Waals surface area contributed by atoms with Gasteiger partial charge in [0, 0.05) is 4.47 Å². The van der Waals surface area contributed by atoms with Crippen molar-refractivity contribution in [3.8, 4) is 0 Å². The SMILES string of the molecule is Fc1ccc(COC2COC2)c(Br)c1. The van der Waals surface area contributed by atoms with Gasteiger partial charge in [-0.25, -0.2) is 4.39 Å². The van der Waals surface area contributed by atoms with E-state index < -0.39 is 0 Å². The van der Waals surface area contributed by atoms with Crippen LogP contribution in [0.5, 0.6) is 0 Å². The van der Waals surface area contributed by atoms with Crippen LogP contribution in [0, 0.1) is 5.82 Å². The van der Waals surface area contributed by atoms with Crippen molar-refractivity contribution in [3.05, 3.63) is 34.1 Å². The first-order valence-electron chi connectivity index (χ1n) is 4.39. The van der Waals surface area contributed by atoms with E-state index in [1.165, 1.54) is 12.1 Å². The summed E-state index contributed by atoms with van der Waals surface area (Å²) < 4.78 is 24.0. The first-order valence-corrected chi connectivity index (χ1v) is 5.18. The van der Waals surface area contributed by atoms with Gasteiger partial charge in [-0.2, -0.15) is 0 Å². The molecule has 1 aromatic rings. The largest absolute Gasteiger partial charge is 0.376 e. The maximum atomic E-state index is 12.7. The summed E-state index contributed by atoms with van der Waals surface area (Å²) in [7, 11) is 0. The zero-order chi connectivity index (χ0) is 9.97. The lowest BCUT2D eigenvalue weighted by Gasteiger charge is -2.26. The van der Waals surface area contributed by atoms with Gasteiger partial charge < -0.3 is 9.47 Å². The zero-order valence-electron chi connectivity index (χ0n) is 7.50. The standard InChI is InChI=1S/C10H10BrFO2/c11-10-3-8(12)2-1-7(10)4-14-9-5-13-6-9/h1-3,9H,4-6H2. The molecule has 1 fully saturated rings. The summed E-state index contributed by atoms with van der Waals surface area (Å²) in [4.78, 5) is 0. The summed E-state index contributed by atoms with van der Waals surface area (Å²) in [6, 6.07) is 4.59. The number of hydrogen-bond acceptors (Lipinski definition) is 2. The van der Waals surface area contributed by atoms with Gasteiger partial charge in [0.05, 0.1) is 19.8 Å². The van der Waals surface area contributed by atoms with Crippen LogP contribution in [-0.2, 0) is 16.1 Å². The van der Waals surface area contributed by atoms with Crippen LogP contribution in [0.3, 0.4) is 0 Å². The second kappa shape index (κ2) is 4.38. The van der Waals surface area contributed by atoms with Gasteiger partial charge in [0.15, 0.2) is 0 Å². The number of rotatable bonds is 3. The second-order valence-corrected chi connectivity index (χ2v) is 4.06. The van der Waals surface area contributed by atoms with Gasteiger partial charge in [0.2, 0.25) is 0 Å². The molecule has 0 aliphatic carbocycles. The molecule has 0 saturated carbocycles. The minimum absolute atomic E-state index is 0.201. The average molecular weight is 261 g/mol. The third kappa shape index (κ3) is 2.32. The van der Waals surface area contributed by atoms with E-state index in [9.17, 15) is 4.39 Å². The molecule has 1 aromatic carbocycles. The Morgan fingerprint density at radius 3 is 2.86 bits per heavy atom. The van der Waals surface area contributed by atoms with Crippen LogP contribution in [0.15, 0.2) is 22.7 Å². The average Bonchev–Trinajstić information content (AvgIpc) is 2.05. The summed E-state index contributed by atoms with van der Waals surface area (Å²) in [5.41, 5.74) is 0.957. The molecule has 0 radical (unpaired) electrons. The molecule has 2 nitrogen and oxygen atoms in total. The fourth-order valence-corrected chi connectivity index (χ4v) is 1.62. The highest BCUT2D eigenvalue weighted by atomic mass is 79.9. The lowest BCUT2D eigenvalue weighted by molar-refractivity contribution is -0.135. The summed E-state index contributed by atoms with van der Waals surface area (Å²) in [6.07, 6.45) is 0.201. The molecule has 0 spiro atoms. The number of benzene rings is 1. The third-order valence-electron chi connectivity index (χ3n) is 2.10. The maximum Gasteiger partial charge on any atom is 0.124 e. The molecule has 1 heterocycles. The predicted molar refractivity (Wildman–Crippen MR) is 53.5 cm³/mol. The van der Waals surface area contributed by atoms with Crippen molar-refractivity contribution in [2.45, 2.75) is 12.7 Å². The van der Waals surface area contributed by atoms with E-state index in [1.54, 1.807) is 6.07 Å². The molecule has 0 N–H and O–H groups in total. The number of hydrogen-bond donors (Lipinski definition) is 0. The van der Waals surface area contributed by atoms with E-state index in [0.717, 1.165) is 10.0 Å². The second-order valence-electron chi connectivity index (χ2n) is 3.21.